The minimum atomic E-state index is -0.496. The molecule has 1 aromatic rings. The number of benzene rings is 1. The summed E-state index contributed by atoms with van der Waals surface area (Å²) in [6.07, 6.45) is 0. The molecule has 2 heterocycles. The van der Waals surface area contributed by atoms with Gasteiger partial charge in [-0.25, -0.2) is 4.79 Å². The van der Waals surface area contributed by atoms with Crippen LogP contribution in [0.4, 0.5) is 16.2 Å². The van der Waals surface area contributed by atoms with Crippen LogP contribution in [0, 0.1) is 10.1 Å². The molecule has 10 nitrogen and oxygen atoms in total. The second-order valence-electron chi connectivity index (χ2n) is 6.88. The van der Waals surface area contributed by atoms with E-state index < -0.39 is 11.0 Å². The molecule has 0 spiro atoms. The molecule has 10 heteroatoms. The Labute approximate surface area is 163 Å². The van der Waals surface area contributed by atoms with E-state index in [1.807, 2.05) is 9.80 Å². The molecule has 0 aromatic heterocycles. The van der Waals surface area contributed by atoms with Crippen LogP contribution in [0.25, 0.3) is 0 Å². The van der Waals surface area contributed by atoms with Gasteiger partial charge in [0.15, 0.2) is 0 Å². The van der Waals surface area contributed by atoms with Crippen LogP contribution in [0.3, 0.4) is 0 Å². The number of urea groups is 1. The topological polar surface area (TPSA) is 108 Å². The zero-order chi connectivity index (χ0) is 20.1. The second-order valence-corrected chi connectivity index (χ2v) is 6.88. The predicted octanol–water partition coefficient (Wildman–Crippen LogP) is 0.992. The standard InChI is InChI=1S/C18H25N5O5/c1-14(17(24)19-15-3-2-4-16(13-15)23(26)27)20-5-7-21(8-6-20)18(25)22-9-11-28-12-10-22/h2-4,13-14H,5-12H2,1H3,(H,19,24). The number of carbonyl (C=O) groups is 2. The number of nitro benzene ring substituents is 1. The number of morpholine rings is 1. The third-order valence-electron chi connectivity index (χ3n) is 5.12. The average Bonchev–Trinajstić information content (AvgIpc) is 2.73. The van der Waals surface area contributed by atoms with E-state index in [4.69, 9.17) is 4.74 Å². The Kier molecular flexibility index (Phi) is 6.42. The molecule has 28 heavy (non-hydrogen) atoms. The second kappa shape index (κ2) is 8.98. The molecule has 1 aromatic carbocycles. The number of hydrogen-bond donors (Lipinski definition) is 1. The molecule has 152 valence electrons. The van der Waals surface area contributed by atoms with Gasteiger partial charge in [0, 0.05) is 57.1 Å². The molecule has 0 aliphatic carbocycles. The number of nitrogens with one attached hydrogen (secondary N) is 1. The number of piperazine rings is 1. The zero-order valence-corrected chi connectivity index (χ0v) is 15.9. The maximum atomic E-state index is 12.5. The van der Waals surface area contributed by atoms with E-state index >= 15 is 0 Å². The van der Waals surface area contributed by atoms with Crippen molar-refractivity contribution in [2.75, 3.05) is 57.8 Å². The van der Waals surface area contributed by atoms with Crippen molar-refractivity contribution >= 4 is 23.3 Å². The molecule has 2 saturated heterocycles. The van der Waals surface area contributed by atoms with E-state index in [1.165, 1.54) is 18.2 Å². The van der Waals surface area contributed by atoms with Crippen LogP contribution in [-0.2, 0) is 9.53 Å². The number of rotatable bonds is 4. The molecule has 0 bridgehead atoms. The van der Waals surface area contributed by atoms with Gasteiger partial charge in [-0.15, -0.1) is 0 Å². The fraction of sp³-hybridized carbons (Fsp3) is 0.556. The minimum Gasteiger partial charge on any atom is -0.378 e. The summed E-state index contributed by atoms with van der Waals surface area (Å²) in [5.74, 6) is -0.228. The number of non-ortho nitro benzene ring substituents is 1. The van der Waals surface area contributed by atoms with Crippen LogP contribution in [0.1, 0.15) is 6.92 Å². The van der Waals surface area contributed by atoms with Crippen LogP contribution >= 0.6 is 0 Å². The third kappa shape index (κ3) is 4.76. The van der Waals surface area contributed by atoms with E-state index in [9.17, 15) is 19.7 Å². The van der Waals surface area contributed by atoms with Crippen molar-refractivity contribution in [1.82, 2.24) is 14.7 Å². The molecule has 2 fully saturated rings. The van der Waals surface area contributed by atoms with Crippen molar-refractivity contribution in [3.63, 3.8) is 0 Å². The Bertz CT molecular complexity index is 729. The molecule has 1 N–H and O–H groups in total. The number of ether oxygens (including phenoxy) is 1. The van der Waals surface area contributed by atoms with Crippen LogP contribution < -0.4 is 5.32 Å². The highest BCUT2D eigenvalue weighted by Gasteiger charge is 2.30. The monoisotopic (exact) mass is 391 g/mol. The van der Waals surface area contributed by atoms with Gasteiger partial charge in [-0.2, -0.15) is 0 Å². The first kappa shape index (κ1) is 20.0. The summed E-state index contributed by atoms with van der Waals surface area (Å²) in [7, 11) is 0. The van der Waals surface area contributed by atoms with E-state index in [2.05, 4.69) is 5.32 Å². The van der Waals surface area contributed by atoms with Crippen molar-refractivity contribution in [2.24, 2.45) is 0 Å². The molecular weight excluding hydrogens is 366 g/mol. The SMILES string of the molecule is CC(C(=O)Nc1cccc([N+](=O)[O-])c1)N1CCN(C(=O)N2CCOCC2)CC1. The summed E-state index contributed by atoms with van der Waals surface area (Å²) >= 11 is 0. The Morgan fingerprint density at radius 1 is 1.11 bits per heavy atom. The lowest BCUT2D eigenvalue weighted by molar-refractivity contribution is -0.384. The lowest BCUT2D eigenvalue weighted by Crippen LogP contribution is -2.57. The summed E-state index contributed by atoms with van der Waals surface area (Å²) in [4.78, 5) is 41.1. The summed E-state index contributed by atoms with van der Waals surface area (Å²) in [6.45, 7) is 6.48. The highest BCUT2D eigenvalue weighted by molar-refractivity contribution is 5.94. The van der Waals surface area contributed by atoms with Gasteiger partial charge in [0.1, 0.15) is 0 Å². The largest absolute Gasteiger partial charge is 0.378 e. The lowest BCUT2D eigenvalue weighted by atomic mass is 10.2. The normalized spacial score (nSPS) is 19.2. The summed E-state index contributed by atoms with van der Waals surface area (Å²) < 4.78 is 5.28. The molecular formula is C18H25N5O5. The fourth-order valence-electron chi connectivity index (χ4n) is 3.36. The molecule has 2 aliphatic heterocycles. The van der Waals surface area contributed by atoms with E-state index in [0.717, 1.165) is 0 Å². The average molecular weight is 391 g/mol. The summed E-state index contributed by atoms with van der Waals surface area (Å²) in [6, 6.07) is 5.50. The van der Waals surface area contributed by atoms with Gasteiger partial charge in [-0.05, 0) is 13.0 Å². The Hall–Kier alpha value is -2.72. The quantitative estimate of drug-likeness (QED) is 0.606. The van der Waals surface area contributed by atoms with Gasteiger partial charge in [0.2, 0.25) is 5.91 Å². The van der Waals surface area contributed by atoms with Gasteiger partial charge in [-0.1, -0.05) is 6.07 Å². The van der Waals surface area contributed by atoms with Gasteiger partial charge in [-0.3, -0.25) is 19.8 Å². The highest BCUT2D eigenvalue weighted by atomic mass is 16.6. The first-order valence-corrected chi connectivity index (χ1v) is 9.36. The summed E-state index contributed by atoms with van der Waals surface area (Å²) in [5, 5.41) is 13.6. The molecule has 0 saturated carbocycles. The van der Waals surface area contributed by atoms with Gasteiger partial charge in [0.05, 0.1) is 24.2 Å². The van der Waals surface area contributed by atoms with Crippen molar-refractivity contribution in [3.8, 4) is 0 Å². The first-order chi connectivity index (χ1) is 13.5. The molecule has 3 amide bonds. The number of carbonyl (C=O) groups excluding carboxylic acids is 2. The number of amides is 3. The maximum Gasteiger partial charge on any atom is 0.320 e. The predicted molar refractivity (Wildman–Crippen MR) is 102 cm³/mol. The number of nitro groups is 1. The highest BCUT2D eigenvalue weighted by Crippen LogP contribution is 2.18. The van der Waals surface area contributed by atoms with Crippen molar-refractivity contribution in [2.45, 2.75) is 13.0 Å². The van der Waals surface area contributed by atoms with Crippen LogP contribution in [0.15, 0.2) is 24.3 Å². The summed E-state index contributed by atoms with van der Waals surface area (Å²) in [5.41, 5.74) is 0.327. The Morgan fingerprint density at radius 3 is 2.39 bits per heavy atom. The number of anilines is 1. The van der Waals surface area contributed by atoms with Crippen molar-refractivity contribution in [1.29, 1.82) is 0 Å². The van der Waals surface area contributed by atoms with Gasteiger partial charge in [0.25, 0.3) is 5.69 Å². The minimum absolute atomic E-state index is 0.0247. The van der Waals surface area contributed by atoms with E-state index in [1.54, 1.807) is 17.9 Å². The Morgan fingerprint density at radius 2 is 1.75 bits per heavy atom. The zero-order valence-electron chi connectivity index (χ0n) is 15.9. The molecule has 1 atom stereocenters. The number of hydrogen-bond acceptors (Lipinski definition) is 6. The number of nitrogens with zero attached hydrogens (tertiary/aromatic N) is 4. The van der Waals surface area contributed by atoms with Crippen molar-refractivity contribution < 1.29 is 19.2 Å². The fourth-order valence-corrected chi connectivity index (χ4v) is 3.36. The maximum absolute atomic E-state index is 12.5. The van der Waals surface area contributed by atoms with Gasteiger partial charge >= 0.3 is 6.03 Å². The first-order valence-electron chi connectivity index (χ1n) is 9.36. The Balaban J connectivity index is 1.51. The molecule has 1 unspecified atom stereocenters. The van der Waals surface area contributed by atoms with Crippen LogP contribution in [0.2, 0.25) is 0 Å². The van der Waals surface area contributed by atoms with Crippen molar-refractivity contribution in [3.05, 3.63) is 34.4 Å². The molecule has 2 aliphatic rings. The van der Waals surface area contributed by atoms with E-state index in [-0.39, 0.29) is 17.6 Å². The lowest BCUT2D eigenvalue weighted by Gasteiger charge is -2.40. The van der Waals surface area contributed by atoms with Gasteiger partial charge < -0.3 is 19.9 Å². The smallest absolute Gasteiger partial charge is 0.320 e. The van der Waals surface area contributed by atoms with Crippen LogP contribution in [-0.4, -0.2) is 90.1 Å². The van der Waals surface area contributed by atoms with E-state index in [0.29, 0.717) is 58.2 Å². The molecule has 3 rings (SSSR count). The van der Waals surface area contributed by atoms with Crippen LogP contribution in [0.5, 0.6) is 0 Å². The third-order valence-corrected chi connectivity index (χ3v) is 5.12. The molecule has 0 radical (unpaired) electrons.